The largest absolute Gasteiger partial charge is 0.465 e. The van der Waals surface area contributed by atoms with E-state index < -0.39 is 5.54 Å². The van der Waals surface area contributed by atoms with Crippen LogP contribution in [0.25, 0.3) is 0 Å². The summed E-state index contributed by atoms with van der Waals surface area (Å²) in [6, 6.07) is 0. The molecular formula is C16H32N2O3. The molecule has 0 radical (unpaired) electrons. The van der Waals surface area contributed by atoms with Crippen LogP contribution in [0.1, 0.15) is 46.0 Å². The van der Waals surface area contributed by atoms with Gasteiger partial charge in [0.25, 0.3) is 0 Å². The molecule has 2 unspecified atom stereocenters. The number of nitrogens with one attached hydrogen (secondary N) is 1. The van der Waals surface area contributed by atoms with Crippen LogP contribution in [0, 0.1) is 0 Å². The van der Waals surface area contributed by atoms with E-state index in [0.29, 0.717) is 12.7 Å². The summed E-state index contributed by atoms with van der Waals surface area (Å²) in [7, 11) is 3.96. The average molecular weight is 300 g/mol. The van der Waals surface area contributed by atoms with Gasteiger partial charge in [-0.2, -0.15) is 0 Å². The van der Waals surface area contributed by atoms with E-state index in [4.69, 9.17) is 9.47 Å². The molecule has 1 rings (SSSR count). The van der Waals surface area contributed by atoms with Crippen molar-refractivity contribution in [2.45, 2.75) is 57.6 Å². The first-order chi connectivity index (χ1) is 10.0. The zero-order valence-electron chi connectivity index (χ0n) is 14.1. The highest BCUT2D eigenvalue weighted by Crippen LogP contribution is 2.17. The van der Waals surface area contributed by atoms with E-state index in [1.54, 1.807) is 0 Å². The van der Waals surface area contributed by atoms with Crippen molar-refractivity contribution in [3.05, 3.63) is 0 Å². The highest BCUT2D eigenvalue weighted by atomic mass is 16.5. The molecule has 1 N–H and O–H groups in total. The fourth-order valence-corrected chi connectivity index (χ4v) is 2.71. The third-order valence-electron chi connectivity index (χ3n) is 4.28. The van der Waals surface area contributed by atoms with E-state index in [1.807, 2.05) is 20.9 Å². The minimum Gasteiger partial charge on any atom is -0.465 e. The molecule has 1 fully saturated rings. The summed E-state index contributed by atoms with van der Waals surface area (Å²) in [4.78, 5) is 14.3. The van der Waals surface area contributed by atoms with Crippen LogP contribution in [0.15, 0.2) is 0 Å². The van der Waals surface area contributed by atoms with Gasteiger partial charge in [-0.25, -0.2) is 0 Å². The van der Waals surface area contributed by atoms with Gasteiger partial charge in [-0.1, -0.05) is 0 Å². The monoisotopic (exact) mass is 300 g/mol. The Labute approximate surface area is 129 Å². The molecule has 5 heteroatoms. The number of carbonyl (C=O) groups excluding carboxylic acids is 1. The van der Waals surface area contributed by atoms with Crippen molar-refractivity contribution in [1.29, 1.82) is 0 Å². The lowest BCUT2D eigenvalue weighted by atomic mass is 9.95. The molecule has 1 aliphatic rings. The van der Waals surface area contributed by atoms with Gasteiger partial charge < -0.3 is 19.7 Å². The second kappa shape index (κ2) is 9.38. The SMILES string of the molecule is CCOC(=O)C(C)(CCCCN(C)CC1CCCO1)NC. The van der Waals surface area contributed by atoms with Crippen molar-refractivity contribution in [2.24, 2.45) is 0 Å². The zero-order chi connectivity index (χ0) is 15.7. The van der Waals surface area contributed by atoms with Crippen LogP contribution in [-0.2, 0) is 14.3 Å². The maximum absolute atomic E-state index is 11.9. The lowest BCUT2D eigenvalue weighted by Crippen LogP contribution is -2.48. The Morgan fingerprint density at radius 2 is 2.24 bits per heavy atom. The Balaban J connectivity index is 2.20. The fraction of sp³-hybridized carbons (Fsp3) is 0.938. The molecule has 0 amide bonds. The molecule has 2 atom stereocenters. The lowest BCUT2D eigenvalue weighted by Gasteiger charge is -2.27. The van der Waals surface area contributed by atoms with E-state index in [9.17, 15) is 4.79 Å². The number of carbonyl (C=O) groups is 1. The van der Waals surface area contributed by atoms with Crippen molar-refractivity contribution < 1.29 is 14.3 Å². The first kappa shape index (κ1) is 18.4. The standard InChI is InChI=1S/C16H32N2O3/c1-5-20-15(19)16(2,17-3)10-6-7-11-18(4)13-14-9-8-12-21-14/h14,17H,5-13H2,1-4H3. The van der Waals surface area contributed by atoms with Gasteiger partial charge in [-0.15, -0.1) is 0 Å². The van der Waals surface area contributed by atoms with Crippen molar-refractivity contribution in [3.8, 4) is 0 Å². The van der Waals surface area contributed by atoms with Crippen LogP contribution < -0.4 is 5.32 Å². The van der Waals surface area contributed by atoms with Gasteiger partial charge in [0.15, 0.2) is 0 Å². The molecule has 0 aromatic rings. The molecule has 5 nitrogen and oxygen atoms in total. The van der Waals surface area contributed by atoms with Crippen molar-refractivity contribution in [2.75, 3.05) is 40.4 Å². The number of nitrogens with zero attached hydrogens (tertiary/aromatic N) is 1. The summed E-state index contributed by atoms with van der Waals surface area (Å²) in [5, 5.41) is 3.10. The van der Waals surface area contributed by atoms with Crippen LogP contribution in [-0.4, -0.2) is 62.9 Å². The van der Waals surface area contributed by atoms with Crippen molar-refractivity contribution in [1.82, 2.24) is 10.2 Å². The Hall–Kier alpha value is -0.650. The molecule has 1 heterocycles. The smallest absolute Gasteiger partial charge is 0.326 e. The zero-order valence-corrected chi connectivity index (χ0v) is 14.1. The Morgan fingerprint density at radius 1 is 1.48 bits per heavy atom. The number of likely N-dealkylation sites (N-methyl/N-ethyl adjacent to an activating group) is 2. The predicted octanol–water partition coefficient (Wildman–Crippen LogP) is 1.81. The summed E-state index contributed by atoms with van der Waals surface area (Å²) >= 11 is 0. The van der Waals surface area contributed by atoms with Crippen molar-refractivity contribution in [3.63, 3.8) is 0 Å². The molecule has 1 saturated heterocycles. The van der Waals surface area contributed by atoms with Crippen LogP contribution in [0.5, 0.6) is 0 Å². The number of ether oxygens (including phenoxy) is 2. The van der Waals surface area contributed by atoms with Gasteiger partial charge in [-0.3, -0.25) is 4.79 Å². The van der Waals surface area contributed by atoms with E-state index >= 15 is 0 Å². The summed E-state index contributed by atoms with van der Waals surface area (Å²) < 4.78 is 10.8. The Bertz CT molecular complexity index is 306. The molecule has 0 spiro atoms. The number of hydrogen-bond acceptors (Lipinski definition) is 5. The van der Waals surface area contributed by atoms with Gasteiger partial charge in [0.05, 0.1) is 12.7 Å². The minimum atomic E-state index is -0.566. The van der Waals surface area contributed by atoms with E-state index in [-0.39, 0.29) is 5.97 Å². The highest BCUT2D eigenvalue weighted by Gasteiger charge is 2.32. The predicted molar refractivity (Wildman–Crippen MR) is 84.4 cm³/mol. The Kier molecular flexibility index (Phi) is 8.22. The first-order valence-electron chi connectivity index (χ1n) is 8.18. The van der Waals surface area contributed by atoms with E-state index in [2.05, 4.69) is 17.3 Å². The summed E-state index contributed by atoms with van der Waals surface area (Å²) in [5.41, 5.74) is -0.566. The average Bonchev–Trinajstić information content (AvgIpc) is 2.96. The summed E-state index contributed by atoms with van der Waals surface area (Å²) in [6.45, 7) is 7.16. The topological polar surface area (TPSA) is 50.8 Å². The molecule has 21 heavy (non-hydrogen) atoms. The lowest BCUT2D eigenvalue weighted by molar-refractivity contribution is -0.150. The maximum Gasteiger partial charge on any atom is 0.326 e. The Morgan fingerprint density at radius 3 is 2.81 bits per heavy atom. The third kappa shape index (κ3) is 6.32. The molecule has 0 bridgehead atoms. The van der Waals surface area contributed by atoms with Gasteiger partial charge in [0.1, 0.15) is 5.54 Å². The van der Waals surface area contributed by atoms with Gasteiger partial charge in [-0.05, 0) is 66.6 Å². The first-order valence-corrected chi connectivity index (χ1v) is 8.18. The summed E-state index contributed by atoms with van der Waals surface area (Å²) in [6.07, 6.45) is 5.68. The van der Waals surface area contributed by atoms with E-state index in [1.165, 1.54) is 12.8 Å². The van der Waals surface area contributed by atoms with Crippen LogP contribution >= 0.6 is 0 Å². The molecule has 0 aliphatic carbocycles. The number of unbranched alkanes of at least 4 members (excludes halogenated alkanes) is 1. The molecule has 0 aromatic carbocycles. The van der Waals surface area contributed by atoms with Crippen LogP contribution in [0.2, 0.25) is 0 Å². The third-order valence-corrected chi connectivity index (χ3v) is 4.28. The molecule has 124 valence electrons. The highest BCUT2D eigenvalue weighted by molar-refractivity contribution is 5.80. The number of rotatable bonds is 10. The molecule has 0 saturated carbocycles. The molecule has 0 aromatic heterocycles. The number of esters is 1. The maximum atomic E-state index is 11.9. The van der Waals surface area contributed by atoms with Crippen LogP contribution in [0.3, 0.4) is 0 Å². The molecular weight excluding hydrogens is 268 g/mol. The van der Waals surface area contributed by atoms with Gasteiger partial charge in [0, 0.05) is 13.2 Å². The number of hydrogen-bond donors (Lipinski definition) is 1. The van der Waals surface area contributed by atoms with Gasteiger partial charge >= 0.3 is 5.97 Å². The quantitative estimate of drug-likeness (QED) is 0.492. The normalized spacial score (nSPS) is 21.5. The molecule has 1 aliphatic heterocycles. The van der Waals surface area contributed by atoms with Gasteiger partial charge in [0.2, 0.25) is 0 Å². The van der Waals surface area contributed by atoms with Crippen molar-refractivity contribution >= 4 is 5.97 Å². The second-order valence-electron chi connectivity index (χ2n) is 6.16. The van der Waals surface area contributed by atoms with E-state index in [0.717, 1.165) is 39.0 Å². The van der Waals surface area contributed by atoms with Crippen LogP contribution in [0.4, 0.5) is 0 Å². The summed E-state index contributed by atoms with van der Waals surface area (Å²) in [5.74, 6) is -0.153. The fourth-order valence-electron chi connectivity index (χ4n) is 2.71. The second-order valence-corrected chi connectivity index (χ2v) is 6.16. The minimum absolute atomic E-state index is 0.153.